The fraction of sp³-hybridized carbons (Fsp3) is 0.0526. The lowest BCUT2D eigenvalue weighted by molar-refractivity contribution is 0.102. The van der Waals surface area contributed by atoms with Gasteiger partial charge in [-0.25, -0.2) is 4.98 Å². The fourth-order valence-electron chi connectivity index (χ4n) is 2.14. The molecule has 1 N–H and O–H groups in total. The van der Waals surface area contributed by atoms with E-state index >= 15 is 0 Å². The van der Waals surface area contributed by atoms with Gasteiger partial charge in [0.1, 0.15) is 12.4 Å². The summed E-state index contributed by atoms with van der Waals surface area (Å²) in [4.78, 5) is 16.3. The fourth-order valence-corrected chi connectivity index (χ4v) is 2.31. The van der Waals surface area contributed by atoms with Crippen LogP contribution in [0.15, 0.2) is 72.9 Å². The number of halogens is 1. The summed E-state index contributed by atoms with van der Waals surface area (Å²) in [5.41, 5.74) is 2.02. The van der Waals surface area contributed by atoms with Crippen LogP contribution >= 0.6 is 11.6 Å². The maximum atomic E-state index is 12.3. The van der Waals surface area contributed by atoms with Crippen molar-refractivity contribution in [2.24, 2.45) is 0 Å². The predicted octanol–water partition coefficient (Wildman–Crippen LogP) is 4.57. The second-order valence-electron chi connectivity index (χ2n) is 5.10. The van der Waals surface area contributed by atoms with Crippen molar-refractivity contribution >= 4 is 23.2 Å². The highest BCUT2D eigenvalue weighted by Crippen LogP contribution is 2.20. The number of hydrogen-bond donors (Lipinski definition) is 1. The summed E-state index contributed by atoms with van der Waals surface area (Å²) in [6, 6.07) is 20.3. The Bertz CT molecular complexity index is 838. The van der Waals surface area contributed by atoms with Gasteiger partial charge in [-0.1, -0.05) is 48.0 Å². The van der Waals surface area contributed by atoms with Crippen LogP contribution in [0.25, 0.3) is 0 Å². The molecular formula is C19H15ClN2O2. The first-order valence-corrected chi connectivity index (χ1v) is 7.79. The van der Waals surface area contributed by atoms with Gasteiger partial charge in [-0.3, -0.25) is 4.79 Å². The number of carbonyl (C=O) groups is 1. The Morgan fingerprint density at radius 2 is 1.88 bits per heavy atom. The number of ether oxygens (including phenoxy) is 1. The normalized spacial score (nSPS) is 10.2. The molecule has 1 aromatic heterocycles. The average Bonchev–Trinajstić information content (AvgIpc) is 2.63. The summed E-state index contributed by atoms with van der Waals surface area (Å²) in [6.45, 7) is 0.445. The molecule has 0 saturated heterocycles. The molecule has 0 unspecified atom stereocenters. The smallest absolute Gasteiger partial charge is 0.255 e. The molecule has 120 valence electrons. The Morgan fingerprint density at radius 3 is 2.67 bits per heavy atom. The van der Waals surface area contributed by atoms with Crippen molar-refractivity contribution in [3.05, 3.63) is 89.2 Å². The lowest BCUT2D eigenvalue weighted by Crippen LogP contribution is -2.12. The Balaban J connectivity index is 1.68. The third kappa shape index (κ3) is 4.12. The van der Waals surface area contributed by atoms with Gasteiger partial charge in [0.15, 0.2) is 5.15 Å². The first-order chi connectivity index (χ1) is 11.7. The van der Waals surface area contributed by atoms with E-state index in [4.69, 9.17) is 16.3 Å². The third-order valence-electron chi connectivity index (χ3n) is 3.35. The summed E-state index contributed by atoms with van der Waals surface area (Å²) in [5, 5.41) is 2.99. The number of benzene rings is 2. The maximum Gasteiger partial charge on any atom is 0.255 e. The summed E-state index contributed by atoms with van der Waals surface area (Å²) in [5.74, 6) is 0.360. The Morgan fingerprint density at radius 1 is 1.04 bits per heavy atom. The molecule has 2 aromatic carbocycles. The molecule has 0 atom stereocenters. The molecule has 1 amide bonds. The van der Waals surface area contributed by atoms with Crippen molar-refractivity contribution in [1.29, 1.82) is 0 Å². The van der Waals surface area contributed by atoms with Crippen LogP contribution in [0.2, 0.25) is 5.15 Å². The van der Waals surface area contributed by atoms with E-state index < -0.39 is 0 Å². The average molecular weight is 339 g/mol. The highest BCUT2D eigenvalue weighted by Gasteiger charge is 2.09. The molecule has 3 rings (SSSR count). The molecule has 0 fully saturated rings. The largest absolute Gasteiger partial charge is 0.489 e. The Hall–Kier alpha value is -2.85. The van der Waals surface area contributed by atoms with Crippen LogP contribution in [0.5, 0.6) is 5.75 Å². The van der Waals surface area contributed by atoms with Crippen LogP contribution < -0.4 is 10.1 Å². The molecule has 0 aliphatic rings. The number of amides is 1. The topological polar surface area (TPSA) is 51.2 Å². The molecule has 4 nitrogen and oxygen atoms in total. The van der Waals surface area contributed by atoms with Gasteiger partial charge in [0.05, 0.1) is 5.69 Å². The standard InChI is InChI=1S/C19H15ClN2O2/c20-18-17(10-5-11-21-18)22-19(23)15-8-4-9-16(12-15)24-13-14-6-2-1-3-7-14/h1-12H,13H2,(H,22,23). The minimum atomic E-state index is -0.268. The number of nitrogens with one attached hydrogen (secondary N) is 1. The van der Waals surface area contributed by atoms with Crippen molar-refractivity contribution in [3.8, 4) is 5.75 Å². The van der Waals surface area contributed by atoms with Crippen LogP contribution in [-0.2, 0) is 6.61 Å². The minimum absolute atomic E-state index is 0.252. The molecule has 0 saturated carbocycles. The van der Waals surface area contributed by atoms with Crippen molar-refractivity contribution in [2.75, 3.05) is 5.32 Å². The number of nitrogens with zero attached hydrogens (tertiary/aromatic N) is 1. The zero-order valence-corrected chi connectivity index (χ0v) is 13.5. The molecule has 24 heavy (non-hydrogen) atoms. The molecule has 1 heterocycles. The van der Waals surface area contributed by atoms with Crippen molar-refractivity contribution in [1.82, 2.24) is 4.98 Å². The molecule has 5 heteroatoms. The van der Waals surface area contributed by atoms with E-state index in [2.05, 4.69) is 10.3 Å². The van der Waals surface area contributed by atoms with Crippen molar-refractivity contribution in [3.63, 3.8) is 0 Å². The number of hydrogen-bond acceptors (Lipinski definition) is 3. The molecule has 3 aromatic rings. The molecule has 0 spiro atoms. The third-order valence-corrected chi connectivity index (χ3v) is 3.65. The zero-order chi connectivity index (χ0) is 16.8. The van der Waals surface area contributed by atoms with Gasteiger partial charge in [-0.15, -0.1) is 0 Å². The molecule has 0 aliphatic heterocycles. The predicted molar refractivity (Wildman–Crippen MR) is 94.4 cm³/mol. The van der Waals surface area contributed by atoms with E-state index in [0.717, 1.165) is 5.56 Å². The van der Waals surface area contributed by atoms with Gasteiger partial charge in [0, 0.05) is 11.8 Å². The van der Waals surface area contributed by atoms with Gasteiger partial charge in [0.25, 0.3) is 5.91 Å². The van der Waals surface area contributed by atoms with Crippen molar-refractivity contribution < 1.29 is 9.53 Å². The molecule has 0 aliphatic carbocycles. The minimum Gasteiger partial charge on any atom is -0.489 e. The first-order valence-electron chi connectivity index (χ1n) is 7.41. The van der Waals surface area contributed by atoms with Crippen LogP contribution in [-0.4, -0.2) is 10.9 Å². The maximum absolute atomic E-state index is 12.3. The Kier molecular flexibility index (Phi) is 5.08. The van der Waals surface area contributed by atoms with Crippen LogP contribution in [0.1, 0.15) is 15.9 Å². The van der Waals surface area contributed by atoms with Crippen LogP contribution in [0.4, 0.5) is 5.69 Å². The summed E-state index contributed by atoms with van der Waals surface area (Å²) >= 11 is 5.95. The first kappa shape index (κ1) is 16.0. The van der Waals surface area contributed by atoms with Gasteiger partial charge >= 0.3 is 0 Å². The number of pyridine rings is 1. The number of carbonyl (C=O) groups excluding carboxylic acids is 1. The van der Waals surface area contributed by atoms with E-state index in [1.807, 2.05) is 36.4 Å². The molecular weight excluding hydrogens is 324 g/mol. The van der Waals surface area contributed by atoms with E-state index in [0.29, 0.717) is 23.6 Å². The van der Waals surface area contributed by atoms with Gasteiger partial charge in [0.2, 0.25) is 0 Å². The summed E-state index contributed by atoms with van der Waals surface area (Å²) in [7, 11) is 0. The highest BCUT2D eigenvalue weighted by molar-refractivity contribution is 6.32. The van der Waals surface area contributed by atoms with Crippen molar-refractivity contribution in [2.45, 2.75) is 6.61 Å². The lowest BCUT2D eigenvalue weighted by Gasteiger charge is -2.09. The van der Waals surface area contributed by atoms with Gasteiger partial charge in [-0.2, -0.15) is 0 Å². The summed E-state index contributed by atoms with van der Waals surface area (Å²) < 4.78 is 5.74. The highest BCUT2D eigenvalue weighted by atomic mass is 35.5. The van der Waals surface area contributed by atoms with E-state index in [-0.39, 0.29) is 11.1 Å². The summed E-state index contributed by atoms with van der Waals surface area (Å²) in [6.07, 6.45) is 1.57. The lowest BCUT2D eigenvalue weighted by atomic mass is 10.2. The monoisotopic (exact) mass is 338 g/mol. The van der Waals surface area contributed by atoms with Crippen LogP contribution in [0.3, 0.4) is 0 Å². The van der Waals surface area contributed by atoms with Gasteiger partial charge < -0.3 is 10.1 Å². The zero-order valence-electron chi connectivity index (χ0n) is 12.8. The number of anilines is 1. The SMILES string of the molecule is O=C(Nc1cccnc1Cl)c1cccc(OCc2ccccc2)c1. The molecule has 0 radical (unpaired) electrons. The van der Waals surface area contributed by atoms with Crippen LogP contribution in [0, 0.1) is 0 Å². The Labute approximate surface area is 145 Å². The quantitative estimate of drug-likeness (QED) is 0.693. The number of rotatable bonds is 5. The number of aromatic nitrogens is 1. The second kappa shape index (κ2) is 7.62. The van der Waals surface area contributed by atoms with E-state index in [1.165, 1.54) is 0 Å². The van der Waals surface area contributed by atoms with E-state index in [9.17, 15) is 4.79 Å². The van der Waals surface area contributed by atoms with E-state index in [1.54, 1.807) is 36.5 Å². The molecule has 0 bridgehead atoms. The van der Waals surface area contributed by atoms with Gasteiger partial charge in [-0.05, 0) is 35.9 Å². The second-order valence-corrected chi connectivity index (χ2v) is 5.46.